The molecule has 1 unspecified atom stereocenters. The average Bonchev–Trinajstić information content (AvgIpc) is 2.20. The minimum absolute atomic E-state index is 0.713. The standard InChI is InChI=1S/C11H13IO2/c1-13-10-4-7-3-8(6-12)9(7)5-11(10)14-2/h4-5,8H,3,6H2,1-2H3. The molecule has 3 heteroatoms. The molecular formula is C11H13IO2. The second-order valence-corrected chi connectivity index (χ2v) is 4.34. The van der Waals surface area contributed by atoms with Gasteiger partial charge in [0.1, 0.15) is 0 Å². The average molecular weight is 304 g/mol. The first-order chi connectivity index (χ1) is 6.80. The molecular weight excluding hydrogens is 291 g/mol. The summed E-state index contributed by atoms with van der Waals surface area (Å²) in [5.41, 5.74) is 2.83. The Hall–Kier alpha value is -0.450. The zero-order chi connectivity index (χ0) is 10.1. The number of hydrogen-bond donors (Lipinski definition) is 0. The highest BCUT2D eigenvalue weighted by Crippen LogP contribution is 2.42. The Labute approximate surface area is 97.7 Å². The maximum absolute atomic E-state index is 5.27. The molecule has 2 nitrogen and oxygen atoms in total. The number of rotatable bonds is 3. The predicted molar refractivity (Wildman–Crippen MR) is 64.9 cm³/mol. The van der Waals surface area contributed by atoms with Crippen LogP contribution < -0.4 is 9.47 Å². The van der Waals surface area contributed by atoms with Gasteiger partial charge in [-0.05, 0) is 35.6 Å². The van der Waals surface area contributed by atoms with E-state index in [-0.39, 0.29) is 0 Å². The van der Waals surface area contributed by atoms with Gasteiger partial charge in [0.15, 0.2) is 11.5 Å². The van der Waals surface area contributed by atoms with Gasteiger partial charge in [-0.2, -0.15) is 0 Å². The van der Waals surface area contributed by atoms with E-state index in [0.717, 1.165) is 11.5 Å². The van der Waals surface area contributed by atoms with Gasteiger partial charge in [0.25, 0.3) is 0 Å². The Balaban J connectivity index is 2.38. The van der Waals surface area contributed by atoms with E-state index >= 15 is 0 Å². The molecule has 0 N–H and O–H groups in total. The number of hydrogen-bond acceptors (Lipinski definition) is 2. The third-order valence-electron chi connectivity index (χ3n) is 2.74. The molecule has 0 saturated carbocycles. The van der Waals surface area contributed by atoms with Crippen molar-refractivity contribution in [1.29, 1.82) is 0 Å². The summed E-state index contributed by atoms with van der Waals surface area (Å²) < 4.78 is 11.7. The van der Waals surface area contributed by atoms with E-state index in [1.54, 1.807) is 14.2 Å². The van der Waals surface area contributed by atoms with Crippen LogP contribution >= 0.6 is 22.6 Å². The van der Waals surface area contributed by atoms with Crippen molar-refractivity contribution in [2.45, 2.75) is 12.3 Å². The molecule has 0 aliphatic heterocycles. The topological polar surface area (TPSA) is 18.5 Å². The van der Waals surface area contributed by atoms with Gasteiger partial charge in [-0.3, -0.25) is 0 Å². The summed E-state index contributed by atoms with van der Waals surface area (Å²) in [4.78, 5) is 0. The van der Waals surface area contributed by atoms with Crippen molar-refractivity contribution in [3.63, 3.8) is 0 Å². The minimum Gasteiger partial charge on any atom is -0.493 e. The lowest BCUT2D eigenvalue weighted by Crippen LogP contribution is -2.18. The fraction of sp³-hybridized carbons (Fsp3) is 0.455. The van der Waals surface area contributed by atoms with E-state index < -0.39 is 0 Å². The number of ether oxygens (including phenoxy) is 2. The first-order valence-electron chi connectivity index (χ1n) is 4.61. The van der Waals surface area contributed by atoms with Gasteiger partial charge >= 0.3 is 0 Å². The predicted octanol–water partition coefficient (Wildman–Crippen LogP) is 2.78. The van der Waals surface area contributed by atoms with Gasteiger partial charge in [-0.25, -0.2) is 0 Å². The molecule has 0 fully saturated rings. The normalized spacial score (nSPS) is 18.4. The van der Waals surface area contributed by atoms with Crippen LogP contribution in [0.2, 0.25) is 0 Å². The van der Waals surface area contributed by atoms with Crippen LogP contribution in [0.5, 0.6) is 11.5 Å². The fourth-order valence-corrected chi connectivity index (χ4v) is 2.66. The molecule has 2 rings (SSSR count). The molecule has 76 valence electrons. The smallest absolute Gasteiger partial charge is 0.161 e. The van der Waals surface area contributed by atoms with Gasteiger partial charge in [0.2, 0.25) is 0 Å². The van der Waals surface area contributed by atoms with E-state index in [4.69, 9.17) is 9.47 Å². The van der Waals surface area contributed by atoms with E-state index in [2.05, 4.69) is 34.7 Å². The summed E-state index contributed by atoms with van der Waals surface area (Å²) in [7, 11) is 3.36. The van der Waals surface area contributed by atoms with Crippen molar-refractivity contribution in [1.82, 2.24) is 0 Å². The Morgan fingerprint density at radius 2 is 1.93 bits per heavy atom. The summed E-state index contributed by atoms with van der Waals surface area (Å²) >= 11 is 2.43. The molecule has 0 radical (unpaired) electrons. The Kier molecular flexibility index (Phi) is 2.85. The van der Waals surface area contributed by atoms with Crippen LogP contribution in [0.4, 0.5) is 0 Å². The highest BCUT2D eigenvalue weighted by Gasteiger charge is 2.27. The minimum atomic E-state index is 0.713. The zero-order valence-electron chi connectivity index (χ0n) is 8.34. The van der Waals surface area contributed by atoms with Crippen molar-refractivity contribution >= 4 is 22.6 Å². The molecule has 0 bridgehead atoms. The second kappa shape index (κ2) is 3.96. The van der Waals surface area contributed by atoms with E-state index in [0.29, 0.717) is 5.92 Å². The van der Waals surface area contributed by atoms with Crippen LogP contribution in [0.3, 0.4) is 0 Å². The molecule has 0 heterocycles. The molecule has 0 amide bonds. The van der Waals surface area contributed by atoms with Crippen LogP contribution in [0.1, 0.15) is 17.0 Å². The quantitative estimate of drug-likeness (QED) is 0.631. The summed E-state index contributed by atoms with van der Waals surface area (Å²) in [6.07, 6.45) is 1.18. The largest absolute Gasteiger partial charge is 0.493 e. The maximum Gasteiger partial charge on any atom is 0.161 e. The molecule has 14 heavy (non-hydrogen) atoms. The molecule has 0 aromatic heterocycles. The van der Waals surface area contributed by atoms with Gasteiger partial charge in [0, 0.05) is 4.43 Å². The molecule has 1 aliphatic rings. The third kappa shape index (κ3) is 1.47. The van der Waals surface area contributed by atoms with Gasteiger partial charge in [0.05, 0.1) is 14.2 Å². The van der Waals surface area contributed by atoms with Crippen molar-refractivity contribution in [2.75, 3.05) is 18.6 Å². The van der Waals surface area contributed by atoms with Crippen molar-refractivity contribution in [3.05, 3.63) is 23.3 Å². The number of benzene rings is 1. The summed E-state index contributed by atoms with van der Waals surface area (Å²) in [5, 5.41) is 0. The van der Waals surface area contributed by atoms with Crippen molar-refractivity contribution in [3.8, 4) is 11.5 Å². The first kappa shape index (κ1) is 10.1. The summed E-state index contributed by atoms with van der Waals surface area (Å²) in [5.74, 6) is 2.41. The van der Waals surface area contributed by atoms with Gasteiger partial charge < -0.3 is 9.47 Å². The fourth-order valence-electron chi connectivity index (χ4n) is 1.88. The summed E-state index contributed by atoms with van der Waals surface area (Å²) in [6.45, 7) is 0. The zero-order valence-corrected chi connectivity index (χ0v) is 10.5. The monoisotopic (exact) mass is 304 g/mol. The number of methoxy groups -OCH3 is 2. The third-order valence-corrected chi connectivity index (χ3v) is 3.80. The van der Waals surface area contributed by atoms with Crippen LogP contribution in [-0.2, 0) is 6.42 Å². The first-order valence-corrected chi connectivity index (χ1v) is 6.13. The Bertz CT molecular complexity index is 349. The van der Waals surface area contributed by atoms with Crippen LogP contribution in [0.25, 0.3) is 0 Å². The number of fused-ring (bicyclic) bond motifs is 1. The van der Waals surface area contributed by atoms with Crippen LogP contribution in [0.15, 0.2) is 12.1 Å². The van der Waals surface area contributed by atoms with Crippen molar-refractivity contribution in [2.24, 2.45) is 0 Å². The number of alkyl halides is 1. The molecule has 0 spiro atoms. The van der Waals surface area contributed by atoms with E-state index in [9.17, 15) is 0 Å². The Morgan fingerprint density at radius 1 is 1.29 bits per heavy atom. The van der Waals surface area contributed by atoms with Crippen molar-refractivity contribution < 1.29 is 9.47 Å². The SMILES string of the molecule is COc1cc2c(cc1OC)C(CI)C2. The van der Waals surface area contributed by atoms with Gasteiger partial charge in [-0.1, -0.05) is 22.6 Å². The highest BCUT2D eigenvalue weighted by molar-refractivity contribution is 14.1. The van der Waals surface area contributed by atoms with Crippen LogP contribution in [-0.4, -0.2) is 18.6 Å². The lowest BCUT2D eigenvalue weighted by atomic mass is 9.78. The summed E-state index contributed by atoms with van der Waals surface area (Å²) in [6, 6.07) is 4.21. The maximum atomic E-state index is 5.27. The van der Waals surface area contributed by atoms with Gasteiger partial charge in [-0.15, -0.1) is 0 Å². The lowest BCUT2D eigenvalue weighted by Gasteiger charge is -2.29. The molecule has 1 atom stereocenters. The molecule has 1 aliphatic carbocycles. The lowest BCUT2D eigenvalue weighted by molar-refractivity contribution is 0.352. The highest BCUT2D eigenvalue weighted by atomic mass is 127. The molecule has 1 aromatic carbocycles. The van der Waals surface area contributed by atoms with E-state index in [1.807, 2.05) is 0 Å². The van der Waals surface area contributed by atoms with E-state index in [1.165, 1.54) is 22.0 Å². The molecule has 1 aromatic rings. The number of halogens is 1. The van der Waals surface area contributed by atoms with Crippen LogP contribution in [0, 0.1) is 0 Å². The second-order valence-electron chi connectivity index (χ2n) is 3.46. The Morgan fingerprint density at radius 3 is 2.50 bits per heavy atom. The molecule has 0 saturated heterocycles.